The van der Waals surface area contributed by atoms with Gasteiger partial charge in [-0.25, -0.2) is 0 Å². The van der Waals surface area contributed by atoms with E-state index in [1.165, 1.54) is 64.5 Å². The Morgan fingerprint density at radius 1 is 1.12 bits per heavy atom. The molecule has 0 amide bonds. The van der Waals surface area contributed by atoms with Gasteiger partial charge in [0.25, 0.3) is 0 Å². The van der Waals surface area contributed by atoms with Crippen LogP contribution < -0.4 is 5.32 Å². The summed E-state index contributed by atoms with van der Waals surface area (Å²) in [5.41, 5.74) is 0.615. The highest BCUT2D eigenvalue weighted by molar-refractivity contribution is 4.94. The first-order valence-electron chi connectivity index (χ1n) is 7.45. The summed E-state index contributed by atoms with van der Waals surface area (Å²) in [6, 6.07) is 0. The summed E-state index contributed by atoms with van der Waals surface area (Å²) in [5.74, 6) is 2.09. The lowest BCUT2D eigenvalue weighted by Crippen LogP contribution is -2.35. The second-order valence-electron chi connectivity index (χ2n) is 6.46. The van der Waals surface area contributed by atoms with Gasteiger partial charge in [0.1, 0.15) is 0 Å². The van der Waals surface area contributed by atoms with Crippen LogP contribution in [0.3, 0.4) is 0 Å². The fraction of sp³-hybridized carbons (Fsp3) is 1.00. The Kier molecular flexibility index (Phi) is 4.29. The van der Waals surface area contributed by atoms with E-state index in [-0.39, 0.29) is 0 Å². The summed E-state index contributed by atoms with van der Waals surface area (Å²) < 4.78 is 0. The molecule has 2 aliphatic carbocycles. The van der Waals surface area contributed by atoms with Crippen molar-refractivity contribution >= 4 is 0 Å². The van der Waals surface area contributed by atoms with E-state index in [1.54, 1.807) is 0 Å². The van der Waals surface area contributed by atoms with Crippen LogP contribution in [0.25, 0.3) is 0 Å². The van der Waals surface area contributed by atoms with Crippen molar-refractivity contribution in [1.82, 2.24) is 5.32 Å². The first-order chi connectivity index (χ1) is 7.74. The molecule has 2 aliphatic rings. The summed E-state index contributed by atoms with van der Waals surface area (Å²) in [6.07, 6.45) is 11.8. The molecule has 0 saturated heterocycles. The van der Waals surface area contributed by atoms with Crippen LogP contribution in [0, 0.1) is 17.3 Å². The molecule has 0 aromatic heterocycles. The van der Waals surface area contributed by atoms with E-state index in [9.17, 15) is 0 Å². The van der Waals surface area contributed by atoms with Crippen molar-refractivity contribution in [1.29, 1.82) is 0 Å². The number of nitrogens with one attached hydrogen (secondary N) is 1. The molecular weight excluding hydrogens is 194 g/mol. The lowest BCUT2D eigenvalue weighted by Gasteiger charge is -2.33. The molecule has 1 atom stereocenters. The van der Waals surface area contributed by atoms with E-state index in [1.807, 2.05) is 0 Å². The van der Waals surface area contributed by atoms with Crippen LogP contribution in [0.4, 0.5) is 0 Å². The Hall–Kier alpha value is -0.0400. The molecule has 0 aliphatic heterocycles. The molecule has 0 radical (unpaired) electrons. The molecule has 0 heterocycles. The number of hydrogen-bond donors (Lipinski definition) is 1. The van der Waals surface area contributed by atoms with Gasteiger partial charge in [-0.05, 0) is 49.5 Å². The van der Waals surface area contributed by atoms with Gasteiger partial charge in [-0.2, -0.15) is 0 Å². The lowest BCUT2D eigenvalue weighted by molar-refractivity contribution is 0.195. The van der Waals surface area contributed by atoms with Crippen molar-refractivity contribution in [3.8, 4) is 0 Å². The summed E-state index contributed by atoms with van der Waals surface area (Å²) in [4.78, 5) is 0. The minimum absolute atomic E-state index is 0.615. The standard InChI is InChI=1S/C15H29N/c1-3-10-16-12-15(2,14-8-9-14)11-13-6-4-5-7-13/h13-14,16H,3-12H2,1-2H3. The van der Waals surface area contributed by atoms with Gasteiger partial charge in [-0.15, -0.1) is 0 Å². The van der Waals surface area contributed by atoms with Gasteiger partial charge >= 0.3 is 0 Å². The topological polar surface area (TPSA) is 12.0 Å². The Balaban J connectivity index is 1.81. The van der Waals surface area contributed by atoms with Gasteiger partial charge < -0.3 is 5.32 Å². The van der Waals surface area contributed by atoms with Crippen LogP contribution in [-0.4, -0.2) is 13.1 Å². The maximum Gasteiger partial charge on any atom is 0.000791 e. The second kappa shape index (κ2) is 5.53. The van der Waals surface area contributed by atoms with Crippen molar-refractivity contribution in [2.75, 3.05) is 13.1 Å². The van der Waals surface area contributed by atoms with E-state index < -0.39 is 0 Å². The van der Waals surface area contributed by atoms with Gasteiger partial charge in [0.15, 0.2) is 0 Å². The fourth-order valence-electron chi connectivity index (χ4n) is 3.59. The highest BCUT2D eigenvalue weighted by Crippen LogP contribution is 2.50. The molecule has 94 valence electrons. The van der Waals surface area contributed by atoms with Crippen LogP contribution in [-0.2, 0) is 0 Å². The van der Waals surface area contributed by atoms with Crippen molar-refractivity contribution in [2.24, 2.45) is 17.3 Å². The van der Waals surface area contributed by atoms with Crippen molar-refractivity contribution in [3.63, 3.8) is 0 Å². The zero-order valence-corrected chi connectivity index (χ0v) is 11.2. The largest absolute Gasteiger partial charge is 0.316 e. The third-order valence-corrected chi connectivity index (χ3v) is 4.75. The van der Waals surface area contributed by atoms with E-state index in [2.05, 4.69) is 19.2 Å². The molecule has 1 heteroatoms. The monoisotopic (exact) mass is 223 g/mol. The molecule has 0 aromatic rings. The molecule has 0 bridgehead atoms. The normalized spacial score (nSPS) is 25.9. The second-order valence-corrected chi connectivity index (χ2v) is 6.46. The first kappa shape index (κ1) is 12.4. The summed E-state index contributed by atoms with van der Waals surface area (Å²) in [7, 11) is 0. The zero-order valence-electron chi connectivity index (χ0n) is 11.2. The molecule has 16 heavy (non-hydrogen) atoms. The van der Waals surface area contributed by atoms with Gasteiger partial charge in [-0.3, -0.25) is 0 Å². The van der Waals surface area contributed by atoms with Crippen LogP contribution in [0.1, 0.15) is 65.2 Å². The van der Waals surface area contributed by atoms with Crippen LogP contribution in [0.5, 0.6) is 0 Å². The number of rotatable bonds is 7. The molecule has 1 N–H and O–H groups in total. The molecule has 2 rings (SSSR count). The summed E-state index contributed by atoms with van der Waals surface area (Å²) in [5, 5.41) is 3.67. The van der Waals surface area contributed by atoms with E-state index in [0.29, 0.717) is 5.41 Å². The first-order valence-corrected chi connectivity index (χ1v) is 7.45. The highest BCUT2D eigenvalue weighted by Gasteiger charge is 2.42. The molecule has 2 saturated carbocycles. The lowest BCUT2D eigenvalue weighted by atomic mass is 9.76. The Morgan fingerprint density at radius 3 is 2.38 bits per heavy atom. The predicted octanol–water partition coefficient (Wildman–Crippen LogP) is 3.98. The van der Waals surface area contributed by atoms with Gasteiger partial charge in [0.2, 0.25) is 0 Å². The third-order valence-electron chi connectivity index (χ3n) is 4.75. The summed E-state index contributed by atoms with van der Waals surface area (Å²) >= 11 is 0. The third kappa shape index (κ3) is 3.23. The average molecular weight is 223 g/mol. The van der Waals surface area contributed by atoms with Crippen LogP contribution in [0.15, 0.2) is 0 Å². The molecule has 1 unspecified atom stereocenters. The Morgan fingerprint density at radius 2 is 1.81 bits per heavy atom. The smallest absolute Gasteiger partial charge is 0.000791 e. The van der Waals surface area contributed by atoms with Crippen molar-refractivity contribution in [2.45, 2.75) is 65.2 Å². The Labute approximate surface area is 101 Å². The molecule has 0 aromatic carbocycles. The maximum absolute atomic E-state index is 3.67. The van der Waals surface area contributed by atoms with Gasteiger partial charge in [-0.1, -0.05) is 39.5 Å². The van der Waals surface area contributed by atoms with Gasteiger partial charge in [0.05, 0.1) is 0 Å². The highest BCUT2D eigenvalue weighted by atomic mass is 14.9. The summed E-state index contributed by atoms with van der Waals surface area (Å²) in [6.45, 7) is 7.28. The van der Waals surface area contributed by atoms with E-state index in [4.69, 9.17) is 0 Å². The minimum Gasteiger partial charge on any atom is -0.316 e. The molecule has 0 spiro atoms. The molecule has 1 nitrogen and oxygen atoms in total. The van der Waals surface area contributed by atoms with E-state index in [0.717, 1.165) is 11.8 Å². The van der Waals surface area contributed by atoms with Crippen molar-refractivity contribution in [3.05, 3.63) is 0 Å². The van der Waals surface area contributed by atoms with E-state index >= 15 is 0 Å². The molecule has 2 fully saturated rings. The predicted molar refractivity (Wildman–Crippen MR) is 70.6 cm³/mol. The fourth-order valence-corrected chi connectivity index (χ4v) is 3.59. The SMILES string of the molecule is CCCNCC(C)(CC1CCCC1)C1CC1. The minimum atomic E-state index is 0.615. The van der Waals surface area contributed by atoms with Crippen LogP contribution in [0.2, 0.25) is 0 Å². The zero-order chi connectivity index (χ0) is 11.4. The van der Waals surface area contributed by atoms with Gasteiger partial charge in [0, 0.05) is 6.54 Å². The molecular formula is C15H29N. The van der Waals surface area contributed by atoms with Crippen molar-refractivity contribution < 1.29 is 0 Å². The quantitative estimate of drug-likeness (QED) is 0.644. The maximum atomic E-state index is 3.67. The average Bonchev–Trinajstić information content (AvgIpc) is 3.01. The number of hydrogen-bond acceptors (Lipinski definition) is 1. The Bertz CT molecular complexity index is 203. The van der Waals surface area contributed by atoms with Crippen LogP contribution >= 0.6 is 0 Å².